The summed E-state index contributed by atoms with van der Waals surface area (Å²) < 4.78 is 9.69. The molecule has 1 saturated heterocycles. The average molecular weight is 158 g/mol. The molecule has 0 aromatic rings. The molecule has 0 unspecified atom stereocenters. The van der Waals surface area contributed by atoms with Gasteiger partial charge < -0.3 is 9.47 Å². The zero-order chi connectivity index (χ0) is 8.48. The highest BCUT2D eigenvalue weighted by atomic mass is 16.5. The van der Waals surface area contributed by atoms with Crippen molar-refractivity contribution in [2.45, 2.75) is 13.8 Å². The zero-order valence-electron chi connectivity index (χ0n) is 7.22. The standard InChI is InChI=1S/C8H14O3/c1-8(2,7(9)10-3)6-4-11-5-6/h6H,4-5H2,1-3H3. The summed E-state index contributed by atoms with van der Waals surface area (Å²) in [6.45, 7) is 5.15. The van der Waals surface area contributed by atoms with Gasteiger partial charge in [0.1, 0.15) is 0 Å². The van der Waals surface area contributed by atoms with Gasteiger partial charge in [-0.15, -0.1) is 0 Å². The first-order valence-electron chi connectivity index (χ1n) is 3.75. The van der Waals surface area contributed by atoms with Crippen molar-refractivity contribution in [2.24, 2.45) is 11.3 Å². The third-order valence-electron chi connectivity index (χ3n) is 2.37. The molecular formula is C8H14O3. The number of hydrogen-bond acceptors (Lipinski definition) is 3. The Morgan fingerprint density at radius 2 is 2.09 bits per heavy atom. The summed E-state index contributed by atoms with van der Waals surface area (Å²) >= 11 is 0. The van der Waals surface area contributed by atoms with Crippen molar-refractivity contribution >= 4 is 5.97 Å². The quantitative estimate of drug-likeness (QED) is 0.558. The van der Waals surface area contributed by atoms with Crippen LogP contribution in [0.4, 0.5) is 0 Å². The molecule has 1 aliphatic rings. The van der Waals surface area contributed by atoms with Crippen molar-refractivity contribution in [2.75, 3.05) is 20.3 Å². The van der Waals surface area contributed by atoms with E-state index in [1.807, 2.05) is 13.8 Å². The van der Waals surface area contributed by atoms with Crippen molar-refractivity contribution in [3.63, 3.8) is 0 Å². The molecular weight excluding hydrogens is 144 g/mol. The fourth-order valence-corrected chi connectivity index (χ4v) is 1.08. The van der Waals surface area contributed by atoms with Gasteiger partial charge in [-0.1, -0.05) is 0 Å². The van der Waals surface area contributed by atoms with Crippen molar-refractivity contribution < 1.29 is 14.3 Å². The Morgan fingerprint density at radius 1 is 1.55 bits per heavy atom. The van der Waals surface area contributed by atoms with Gasteiger partial charge in [0.25, 0.3) is 0 Å². The second-order valence-electron chi connectivity index (χ2n) is 3.45. The fourth-order valence-electron chi connectivity index (χ4n) is 1.08. The minimum absolute atomic E-state index is 0.147. The molecule has 1 rings (SSSR count). The van der Waals surface area contributed by atoms with Crippen LogP contribution in [-0.4, -0.2) is 26.3 Å². The predicted molar refractivity (Wildman–Crippen MR) is 40.1 cm³/mol. The highest BCUT2D eigenvalue weighted by Gasteiger charge is 2.41. The number of hydrogen-bond donors (Lipinski definition) is 0. The summed E-state index contributed by atoms with van der Waals surface area (Å²) in [5.74, 6) is 0.181. The number of rotatable bonds is 2. The Kier molecular flexibility index (Phi) is 2.18. The summed E-state index contributed by atoms with van der Waals surface area (Å²) in [5.41, 5.74) is -0.382. The first kappa shape index (κ1) is 8.53. The maximum absolute atomic E-state index is 11.2. The normalized spacial score (nSPS) is 19.2. The van der Waals surface area contributed by atoms with Crippen LogP contribution in [0.5, 0.6) is 0 Å². The molecule has 0 radical (unpaired) electrons. The molecule has 1 heterocycles. The van der Waals surface area contributed by atoms with Gasteiger partial charge in [-0.3, -0.25) is 4.79 Å². The topological polar surface area (TPSA) is 35.5 Å². The second-order valence-corrected chi connectivity index (χ2v) is 3.45. The van der Waals surface area contributed by atoms with Crippen molar-refractivity contribution in [3.05, 3.63) is 0 Å². The molecule has 0 aliphatic carbocycles. The molecule has 1 aliphatic heterocycles. The maximum Gasteiger partial charge on any atom is 0.311 e. The van der Waals surface area contributed by atoms with Gasteiger partial charge in [0.2, 0.25) is 0 Å². The van der Waals surface area contributed by atoms with E-state index in [4.69, 9.17) is 4.74 Å². The first-order valence-corrected chi connectivity index (χ1v) is 3.75. The Bertz CT molecular complexity index is 159. The summed E-state index contributed by atoms with van der Waals surface area (Å²) in [6, 6.07) is 0. The van der Waals surface area contributed by atoms with E-state index in [2.05, 4.69) is 4.74 Å². The second kappa shape index (κ2) is 2.81. The van der Waals surface area contributed by atoms with Crippen LogP contribution in [0, 0.1) is 11.3 Å². The first-order chi connectivity index (χ1) is 5.09. The molecule has 0 amide bonds. The Morgan fingerprint density at radius 3 is 2.36 bits per heavy atom. The zero-order valence-corrected chi connectivity index (χ0v) is 7.22. The van der Waals surface area contributed by atoms with E-state index in [0.717, 1.165) is 0 Å². The molecule has 0 atom stereocenters. The summed E-state index contributed by atoms with van der Waals surface area (Å²) in [4.78, 5) is 11.2. The minimum atomic E-state index is -0.382. The molecule has 11 heavy (non-hydrogen) atoms. The van der Waals surface area contributed by atoms with Crippen LogP contribution in [-0.2, 0) is 14.3 Å². The van der Waals surface area contributed by atoms with E-state index in [0.29, 0.717) is 19.1 Å². The highest BCUT2D eigenvalue weighted by molar-refractivity contribution is 5.76. The molecule has 0 spiro atoms. The Balaban J connectivity index is 2.56. The summed E-state index contributed by atoms with van der Waals surface area (Å²) in [7, 11) is 1.42. The van der Waals surface area contributed by atoms with E-state index >= 15 is 0 Å². The number of methoxy groups -OCH3 is 1. The van der Waals surface area contributed by atoms with Crippen LogP contribution < -0.4 is 0 Å². The van der Waals surface area contributed by atoms with Crippen molar-refractivity contribution in [3.8, 4) is 0 Å². The highest BCUT2D eigenvalue weighted by Crippen LogP contribution is 2.33. The number of carbonyl (C=O) groups excluding carboxylic acids is 1. The molecule has 3 heteroatoms. The van der Waals surface area contributed by atoms with E-state index in [9.17, 15) is 4.79 Å². The van der Waals surface area contributed by atoms with Crippen molar-refractivity contribution in [1.82, 2.24) is 0 Å². The molecule has 0 aromatic heterocycles. The molecule has 3 nitrogen and oxygen atoms in total. The van der Waals surface area contributed by atoms with Gasteiger partial charge in [0, 0.05) is 5.92 Å². The summed E-state index contributed by atoms with van der Waals surface area (Å²) in [6.07, 6.45) is 0. The average Bonchev–Trinajstić information content (AvgIpc) is 1.81. The third-order valence-corrected chi connectivity index (χ3v) is 2.37. The van der Waals surface area contributed by atoms with Crippen LogP contribution in [0.15, 0.2) is 0 Å². The lowest BCUT2D eigenvalue weighted by Gasteiger charge is -2.37. The number of ether oxygens (including phenoxy) is 2. The lowest BCUT2D eigenvalue weighted by molar-refractivity contribution is -0.166. The third kappa shape index (κ3) is 1.38. The van der Waals surface area contributed by atoms with E-state index in [1.54, 1.807) is 0 Å². The Labute approximate surface area is 66.7 Å². The van der Waals surface area contributed by atoms with Gasteiger partial charge in [0.05, 0.1) is 25.7 Å². The van der Waals surface area contributed by atoms with E-state index < -0.39 is 0 Å². The molecule has 64 valence electrons. The molecule has 0 aromatic carbocycles. The molecule has 0 saturated carbocycles. The largest absolute Gasteiger partial charge is 0.469 e. The number of carbonyl (C=O) groups is 1. The van der Waals surface area contributed by atoms with Crippen LogP contribution in [0.25, 0.3) is 0 Å². The maximum atomic E-state index is 11.2. The SMILES string of the molecule is COC(=O)C(C)(C)C1COC1. The predicted octanol–water partition coefficient (Wildman–Crippen LogP) is 0.832. The van der Waals surface area contributed by atoms with E-state index in [1.165, 1.54) is 7.11 Å². The van der Waals surface area contributed by atoms with Gasteiger partial charge >= 0.3 is 5.97 Å². The van der Waals surface area contributed by atoms with Crippen LogP contribution in [0.1, 0.15) is 13.8 Å². The molecule has 0 bridgehead atoms. The van der Waals surface area contributed by atoms with Gasteiger partial charge in [-0.05, 0) is 13.8 Å². The van der Waals surface area contributed by atoms with Crippen LogP contribution in [0.3, 0.4) is 0 Å². The molecule has 0 N–H and O–H groups in total. The minimum Gasteiger partial charge on any atom is -0.469 e. The van der Waals surface area contributed by atoms with E-state index in [-0.39, 0.29) is 11.4 Å². The van der Waals surface area contributed by atoms with Crippen LogP contribution in [0.2, 0.25) is 0 Å². The monoisotopic (exact) mass is 158 g/mol. The fraction of sp³-hybridized carbons (Fsp3) is 0.875. The van der Waals surface area contributed by atoms with Crippen molar-refractivity contribution in [1.29, 1.82) is 0 Å². The lowest BCUT2D eigenvalue weighted by atomic mass is 9.78. The summed E-state index contributed by atoms with van der Waals surface area (Å²) in [5, 5.41) is 0. The Hall–Kier alpha value is -0.570. The van der Waals surface area contributed by atoms with Gasteiger partial charge in [-0.2, -0.15) is 0 Å². The lowest BCUT2D eigenvalue weighted by Crippen LogP contribution is -2.45. The number of esters is 1. The molecule has 1 fully saturated rings. The smallest absolute Gasteiger partial charge is 0.311 e. The van der Waals surface area contributed by atoms with Crippen LogP contribution >= 0.6 is 0 Å². The van der Waals surface area contributed by atoms with Gasteiger partial charge in [-0.25, -0.2) is 0 Å². The van der Waals surface area contributed by atoms with Gasteiger partial charge in [0.15, 0.2) is 0 Å².